The maximum Gasteiger partial charge on any atom is 0.176 e. The highest BCUT2D eigenvalue weighted by Gasteiger charge is 2.11. The molecule has 0 aliphatic heterocycles. The molecule has 4 aromatic rings. The Hall–Kier alpha value is -3.74. The van der Waals surface area contributed by atoms with Crippen molar-refractivity contribution in [3.8, 4) is 11.5 Å². The predicted octanol–water partition coefficient (Wildman–Crippen LogP) is 3.53. The Kier molecular flexibility index (Phi) is 4.49. The van der Waals surface area contributed by atoms with Gasteiger partial charge in [0.05, 0.1) is 6.21 Å². The van der Waals surface area contributed by atoms with Crippen LogP contribution in [0.4, 0.5) is 11.5 Å². The molecule has 0 aliphatic rings. The van der Waals surface area contributed by atoms with Crippen LogP contribution < -0.4 is 10.3 Å². The van der Waals surface area contributed by atoms with E-state index < -0.39 is 0 Å². The monoisotopic (exact) mass is 357 g/mol. The first-order valence-electron chi connectivity index (χ1n) is 8.54. The molecule has 2 aromatic heterocycles. The maximum absolute atomic E-state index is 4.32. The summed E-state index contributed by atoms with van der Waals surface area (Å²) in [5.74, 6) is 1.29. The summed E-state index contributed by atoms with van der Waals surface area (Å²) in [6.07, 6.45) is 5.23. The summed E-state index contributed by atoms with van der Waals surface area (Å²) in [6, 6.07) is 16.1. The van der Waals surface area contributed by atoms with Crippen LogP contribution in [-0.4, -0.2) is 40.5 Å². The fourth-order valence-electron chi connectivity index (χ4n) is 2.78. The van der Waals surface area contributed by atoms with Crippen LogP contribution in [0.2, 0.25) is 0 Å². The standard InChI is InChI=1S/C20H19N7/c1-27(2)15-9-7-14(8-10-15)13-23-25-19-17-6-4-3-5-16(17)18(24-26-19)20-21-11-12-22-20/h3-13H,1-2H3,(H,21,22)(H,25,26)/b23-13+. The average Bonchev–Trinajstić information content (AvgIpc) is 3.23. The molecule has 0 atom stereocenters. The van der Waals surface area contributed by atoms with Crippen molar-refractivity contribution >= 4 is 28.5 Å². The number of hydrogen-bond donors (Lipinski definition) is 2. The van der Waals surface area contributed by atoms with Gasteiger partial charge in [0.25, 0.3) is 0 Å². The van der Waals surface area contributed by atoms with Crippen LogP contribution in [0, 0.1) is 0 Å². The molecule has 0 spiro atoms. The van der Waals surface area contributed by atoms with Gasteiger partial charge in [-0.1, -0.05) is 36.4 Å². The van der Waals surface area contributed by atoms with E-state index in [1.165, 1.54) is 0 Å². The number of imidazole rings is 1. The molecule has 7 heteroatoms. The van der Waals surface area contributed by atoms with Crippen LogP contribution in [0.5, 0.6) is 0 Å². The number of nitrogens with one attached hydrogen (secondary N) is 2. The van der Waals surface area contributed by atoms with Crippen molar-refractivity contribution in [2.45, 2.75) is 0 Å². The second-order valence-electron chi connectivity index (χ2n) is 6.24. The van der Waals surface area contributed by atoms with Crippen LogP contribution in [0.25, 0.3) is 22.3 Å². The normalized spacial score (nSPS) is 11.2. The van der Waals surface area contributed by atoms with E-state index in [0.717, 1.165) is 22.0 Å². The predicted molar refractivity (Wildman–Crippen MR) is 109 cm³/mol. The largest absolute Gasteiger partial charge is 0.378 e. The highest BCUT2D eigenvalue weighted by Crippen LogP contribution is 2.27. The third-order valence-electron chi connectivity index (χ3n) is 4.20. The number of H-pyrrole nitrogens is 1. The van der Waals surface area contributed by atoms with Gasteiger partial charge in [-0.15, -0.1) is 10.2 Å². The third-order valence-corrected chi connectivity index (χ3v) is 4.20. The van der Waals surface area contributed by atoms with Gasteiger partial charge >= 0.3 is 0 Å². The van der Waals surface area contributed by atoms with E-state index in [4.69, 9.17) is 0 Å². The molecule has 0 aliphatic carbocycles. The first-order chi connectivity index (χ1) is 13.2. The van der Waals surface area contributed by atoms with E-state index in [-0.39, 0.29) is 0 Å². The number of rotatable bonds is 5. The zero-order valence-corrected chi connectivity index (χ0v) is 15.1. The summed E-state index contributed by atoms with van der Waals surface area (Å²) in [7, 11) is 4.03. The molecule has 2 heterocycles. The molecule has 0 saturated carbocycles. The Morgan fingerprint density at radius 3 is 2.48 bits per heavy atom. The number of aromatic amines is 1. The number of anilines is 2. The van der Waals surface area contributed by atoms with Gasteiger partial charge in [-0.2, -0.15) is 5.10 Å². The summed E-state index contributed by atoms with van der Waals surface area (Å²) in [6.45, 7) is 0. The molecule has 27 heavy (non-hydrogen) atoms. The minimum atomic E-state index is 0.599. The van der Waals surface area contributed by atoms with Crippen molar-refractivity contribution in [2.75, 3.05) is 24.4 Å². The molecule has 4 rings (SSSR count). The van der Waals surface area contributed by atoms with Gasteiger partial charge < -0.3 is 9.88 Å². The van der Waals surface area contributed by atoms with Gasteiger partial charge in [0.2, 0.25) is 0 Å². The van der Waals surface area contributed by atoms with E-state index in [2.05, 4.69) is 47.7 Å². The maximum atomic E-state index is 4.32. The van der Waals surface area contributed by atoms with Crippen LogP contribution in [0.15, 0.2) is 66.0 Å². The molecule has 0 bridgehead atoms. The third kappa shape index (κ3) is 3.48. The number of hydrogen-bond acceptors (Lipinski definition) is 6. The minimum Gasteiger partial charge on any atom is -0.378 e. The van der Waals surface area contributed by atoms with E-state index in [9.17, 15) is 0 Å². The van der Waals surface area contributed by atoms with Gasteiger partial charge in [-0.05, 0) is 17.7 Å². The van der Waals surface area contributed by atoms with Crippen molar-refractivity contribution in [1.82, 2.24) is 20.2 Å². The summed E-state index contributed by atoms with van der Waals surface area (Å²) < 4.78 is 0. The quantitative estimate of drug-likeness (QED) is 0.422. The molecule has 0 radical (unpaired) electrons. The van der Waals surface area contributed by atoms with Gasteiger partial charge in [-0.3, -0.25) is 5.43 Å². The fraction of sp³-hybridized carbons (Fsp3) is 0.100. The minimum absolute atomic E-state index is 0.599. The van der Waals surface area contributed by atoms with E-state index in [1.54, 1.807) is 18.6 Å². The Labute approximate surface area is 156 Å². The lowest BCUT2D eigenvalue weighted by Crippen LogP contribution is -2.08. The fourth-order valence-corrected chi connectivity index (χ4v) is 2.78. The zero-order chi connectivity index (χ0) is 18.6. The molecular formula is C20H19N7. The molecule has 134 valence electrons. The van der Waals surface area contributed by atoms with Crippen LogP contribution in [0.1, 0.15) is 5.56 Å². The first kappa shape index (κ1) is 16.7. The molecule has 2 aromatic carbocycles. The van der Waals surface area contributed by atoms with Crippen molar-refractivity contribution in [3.05, 3.63) is 66.5 Å². The highest BCUT2D eigenvalue weighted by molar-refractivity contribution is 5.99. The van der Waals surface area contributed by atoms with Crippen LogP contribution in [0.3, 0.4) is 0 Å². The topological polar surface area (TPSA) is 82.1 Å². The second-order valence-corrected chi connectivity index (χ2v) is 6.24. The van der Waals surface area contributed by atoms with Crippen molar-refractivity contribution < 1.29 is 0 Å². The molecule has 0 fully saturated rings. The smallest absolute Gasteiger partial charge is 0.176 e. The molecule has 2 N–H and O–H groups in total. The van der Waals surface area contributed by atoms with Crippen LogP contribution in [-0.2, 0) is 0 Å². The number of aromatic nitrogens is 4. The Bertz CT molecular complexity index is 1070. The Balaban J connectivity index is 1.60. The van der Waals surface area contributed by atoms with Gasteiger partial charge in [0, 0.05) is 42.9 Å². The number of nitrogens with zero attached hydrogens (tertiary/aromatic N) is 5. The lowest BCUT2D eigenvalue weighted by Gasteiger charge is -2.11. The summed E-state index contributed by atoms with van der Waals surface area (Å²) in [4.78, 5) is 9.41. The lowest BCUT2D eigenvalue weighted by atomic mass is 10.1. The number of benzene rings is 2. The van der Waals surface area contributed by atoms with Gasteiger partial charge in [-0.25, -0.2) is 4.98 Å². The number of hydrazone groups is 1. The van der Waals surface area contributed by atoms with Gasteiger partial charge in [0.1, 0.15) is 5.69 Å². The van der Waals surface area contributed by atoms with Crippen molar-refractivity contribution in [3.63, 3.8) is 0 Å². The summed E-state index contributed by atoms with van der Waals surface area (Å²) in [5, 5.41) is 14.8. The van der Waals surface area contributed by atoms with E-state index in [0.29, 0.717) is 17.3 Å². The van der Waals surface area contributed by atoms with Crippen molar-refractivity contribution in [2.24, 2.45) is 5.10 Å². The molecule has 7 nitrogen and oxygen atoms in total. The van der Waals surface area contributed by atoms with E-state index >= 15 is 0 Å². The SMILES string of the molecule is CN(C)c1ccc(/C=N/Nc2nnc(-c3ncc[nH]3)c3ccccc23)cc1. The molecule has 0 unspecified atom stereocenters. The molecule has 0 saturated heterocycles. The average molecular weight is 357 g/mol. The van der Waals surface area contributed by atoms with E-state index in [1.807, 2.05) is 50.5 Å². The highest BCUT2D eigenvalue weighted by atomic mass is 15.3. The van der Waals surface area contributed by atoms with Gasteiger partial charge in [0.15, 0.2) is 11.6 Å². The lowest BCUT2D eigenvalue weighted by molar-refractivity contribution is 1.03. The summed E-state index contributed by atoms with van der Waals surface area (Å²) in [5.41, 5.74) is 5.85. The molecule has 0 amide bonds. The zero-order valence-electron chi connectivity index (χ0n) is 15.1. The number of fused-ring (bicyclic) bond motifs is 1. The molecular weight excluding hydrogens is 338 g/mol. The second kappa shape index (κ2) is 7.25. The summed E-state index contributed by atoms with van der Waals surface area (Å²) >= 11 is 0. The Morgan fingerprint density at radius 2 is 1.78 bits per heavy atom. The first-order valence-corrected chi connectivity index (χ1v) is 8.54. The Morgan fingerprint density at radius 1 is 1.00 bits per heavy atom. The van der Waals surface area contributed by atoms with Crippen LogP contribution >= 0.6 is 0 Å². The van der Waals surface area contributed by atoms with Crippen molar-refractivity contribution in [1.29, 1.82) is 0 Å².